The van der Waals surface area contributed by atoms with E-state index >= 15 is 0 Å². The Bertz CT molecular complexity index is 1700. The Morgan fingerprint density at radius 1 is 1.07 bits per heavy atom. The van der Waals surface area contributed by atoms with Gasteiger partial charge in [0.25, 0.3) is 11.8 Å². The summed E-state index contributed by atoms with van der Waals surface area (Å²) < 4.78 is 57.6. The average molecular weight is 591 g/mol. The lowest BCUT2D eigenvalue weighted by Gasteiger charge is -2.15. The molecule has 0 saturated carbocycles. The van der Waals surface area contributed by atoms with Crippen LogP contribution >= 0.6 is 11.6 Å². The third-order valence-corrected chi connectivity index (χ3v) is 7.49. The van der Waals surface area contributed by atoms with E-state index < -0.39 is 39.3 Å². The van der Waals surface area contributed by atoms with Crippen molar-refractivity contribution < 1.29 is 27.0 Å². The van der Waals surface area contributed by atoms with E-state index in [1.807, 2.05) is 0 Å². The van der Waals surface area contributed by atoms with E-state index in [4.69, 9.17) is 11.6 Å². The molecule has 4 aromatic rings. The van der Waals surface area contributed by atoms with Gasteiger partial charge in [0.05, 0.1) is 26.9 Å². The monoisotopic (exact) mass is 590 g/mol. The van der Waals surface area contributed by atoms with Gasteiger partial charge < -0.3 is 5.32 Å². The fourth-order valence-corrected chi connectivity index (χ4v) is 5.11. The van der Waals surface area contributed by atoms with Crippen molar-refractivity contribution in [2.24, 2.45) is 4.36 Å². The zero-order valence-electron chi connectivity index (χ0n) is 21.3. The van der Waals surface area contributed by atoms with E-state index in [9.17, 15) is 27.0 Å². The van der Waals surface area contributed by atoms with Crippen molar-refractivity contribution in [1.29, 1.82) is 0 Å². The van der Waals surface area contributed by atoms with Gasteiger partial charge in [-0.05, 0) is 56.3 Å². The van der Waals surface area contributed by atoms with Gasteiger partial charge in [-0.15, -0.1) is 5.10 Å². The molecule has 0 fully saturated rings. The molecule has 1 unspecified atom stereocenters. The van der Waals surface area contributed by atoms with Gasteiger partial charge >= 0.3 is 6.18 Å². The topological polar surface area (TPSA) is 119 Å². The molecule has 9 nitrogen and oxygen atoms in total. The third-order valence-electron chi connectivity index (χ3n) is 5.61. The van der Waals surface area contributed by atoms with Crippen molar-refractivity contribution in [3.63, 3.8) is 0 Å². The molecule has 40 heavy (non-hydrogen) atoms. The highest BCUT2D eigenvalue weighted by molar-refractivity contribution is 7.93. The van der Waals surface area contributed by atoms with Crippen molar-refractivity contribution in [1.82, 2.24) is 25.1 Å². The normalized spacial score (nSPS) is 13.8. The number of carbonyl (C=O) groups excluding carboxylic acids is 2. The van der Waals surface area contributed by atoms with Crippen LogP contribution in [0.3, 0.4) is 0 Å². The SMILES string of the molecule is Cc1nc([C@H](C)NC(=O)c2cc(Cl)cc(C(F)(F)F)c2)n(-c2ccc(C(=O)N=S(C)(=O)c3ccccc3)cn2)n1. The number of nitrogens with one attached hydrogen (secondary N) is 1. The highest BCUT2D eigenvalue weighted by Crippen LogP contribution is 2.32. The number of pyridine rings is 1. The Balaban J connectivity index is 1.56. The number of alkyl halides is 3. The second-order valence-corrected chi connectivity index (χ2v) is 11.5. The highest BCUT2D eigenvalue weighted by atomic mass is 35.5. The Kier molecular flexibility index (Phi) is 8.08. The molecule has 0 aliphatic heterocycles. The number of hydrogen-bond donors (Lipinski definition) is 1. The molecule has 14 heteroatoms. The molecule has 2 aromatic heterocycles. The van der Waals surface area contributed by atoms with Crippen LogP contribution in [0.5, 0.6) is 0 Å². The van der Waals surface area contributed by atoms with Crippen LogP contribution in [0.1, 0.15) is 50.9 Å². The van der Waals surface area contributed by atoms with E-state index in [1.54, 1.807) is 44.2 Å². The van der Waals surface area contributed by atoms with Crippen LogP contribution in [0.15, 0.2) is 76.1 Å². The number of halogens is 4. The largest absolute Gasteiger partial charge is 0.416 e. The van der Waals surface area contributed by atoms with Gasteiger partial charge in [0, 0.05) is 27.9 Å². The van der Waals surface area contributed by atoms with Crippen molar-refractivity contribution in [2.75, 3.05) is 6.26 Å². The molecule has 208 valence electrons. The van der Waals surface area contributed by atoms with Crippen LogP contribution in [-0.2, 0) is 15.9 Å². The molecule has 0 aliphatic carbocycles. The number of benzene rings is 2. The predicted molar refractivity (Wildman–Crippen MR) is 142 cm³/mol. The van der Waals surface area contributed by atoms with Crippen LogP contribution in [0.2, 0.25) is 5.02 Å². The summed E-state index contributed by atoms with van der Waals surface area (Å²) in [6, 6.07) is 13.1. The van der Waals surface area contributed by atoms with Gasteiger partial charge in [-0.1, -0.05) is 29.8 Å². The first-order valence-electron chi connectivity index (χ1n) is 11.6. The Morgan fingerprint density at radius 2 is 1.77 bits per heavy atom. The third kappa shape index (κ3) is 6.54. The molecular weight excluding hydrogens is 569 g/mol. The molecule has 0 bridgehead atoms. The summed E-state index contributed by atoms with van der Waals surface area (Å²) >= 11 is 5.80. The number of aryl methyl sites for hydroxylation is 1. The highest BCUT2D eigenvalue weighted by Gasteiger charge is 2.32. The van der Waals surface area contributed by atoms with Crippen molar-refractivity contribution in [3.8, 4) is 5.82 Å². The van der Waals surface area contributed by atoms with Crippen LogP contribution in [0.4, 0.5) is 13.2 Å². The second-order valence-electron chi connectivity index (χ2n) is 8.77. The first-order valence-corrected chi connectivity index (χ1v) is 13.9. The summed E-state index contributed by atoms with van der Waals surface area (Å²) in [6.07, 6.45) is -2.06. The molecule has 0 spiro atoms. The van der Waals surface area contributed by atoms with E-state index in [0.717, 1.165) is 12.1 Å². The van der Waals surface area contributed by atoms with Crippen molar-refractivity contribution in [3.05, 3.63) is 100 Å². The maximum Gasteiger partial charge on any atom is 0.416 e. The van der Waals surface area contributed by atoms with Crippen LogP contribution in [-0.4, -0.2) is 42.0 Å². The first kappa shape index (κ1) is 28.9. The standard InChI is InChI=1S/C26H22ClF3N6O3S/c1-15(32-24(37)18-11-19(26(28,29)30)13-20(27)12-18)23-33-16(2)34-36(23)22-10-9-17(14-31-22)25(38)35-40(3,39)21-7-5-4-6-8-21/h4-15H,1-3H3,(H,32,37)/t15-,40?/m0/s1. The summed E-state index contributed by atoms with van der Waals surface area (Å²) in [5, 5.41) is 6.64. The average Bonchev–Trinajstić information content (AvgIpc) is 3.30. The summed E-state index contributed by atoms with van der Waals surface area (Å²) in [7, 11) is -2.97. The molecule has 4 rings (SSSR count). The van der Waals surface area contributed by atoms with Crippen LogP contribution < -0.4 is 5.32 Å². The molecule has 2 amide bonds. The molecule has 0 saturated heterocycles. The van der Waals surface area contributed by atoms with Crippen LogP contribution in [0.25, 0.3) is 5.82 Å². The Hall–Kier alpha value is -4.10. The lowest BCUT2D eigenvalue weighted by atomic mass is 10.1. The minimum absolute atomic E-state index is 0.0930. The smallest absolute Gasteiger partial charge is 0.342 e. The fourth-order valence-electron chi connectivity index (χ4n) is 3.68. The number of nitrogens with zero attached hydrogens (tertiary/aromatic N) is 5. The van der Waals surface area contributed by atoms with E-state index in [1.165, 1.54) is 29.3 Å². The number of aromatic nitrogens is 4. The molecular formula is C26H22ClF3N6O3S. The molecule has 2 atom stereocenters. The van der Waals surface area contributed by atoms with E-state index in [0.29, 0.717) is 16.8 Å². The Morgan fingerprint density at radius 3 is 2.40 bits per heavy atom. The second kappa shape index (κ2) is 11.2. The molecule has 0 radical (unpaired) electrons. The van der Waals surface area contributed by atoms with Gasteiger partial charge in [0.1, 0.15) is 5.82 Å². The summed E-state index contributed by atoms with van der Waals surface area (Å²) in [5.41, 5.74) is -1.23. The molecule has 1 N–H and O–H groups in total. The lowest BCUT2D eigenvalue weighted by Crippen LogP contribution is -2.29. The van der Waals surface area contributed by atoms with Gasteiger partial charge in [-0.3, -0.25) is 9.59 Å². The summed E-state index contributed by atoms with van der Waals surface area (Å²) in [5.74, 6) is -0.698. The number of rotatable bonds is 6. The lowest BCUT2D eigenvalue weighted by molar-refractivity contribution is -0.137. The molecule has 0 aliphatic rings. The van der Waals surface area contributed by atoms with Crippen molar-refractivity contribution >= 4 is 33.1 Å². The summed E-state index contributed by atoms with van der Waals surface area (Å²) in [4.78, 5) is 34.4. The van der Waals surface area contributed by atoms with Crippen LogP contribution in [0, 0.1) is 6.92 Å². The first-order chi connectivity index (χ1) is 18.7. The van der Waals surface area contributed by atoms with Gasteiger partial charge in [-0.2, -0.15) is 22.2 Å². The molecule has 2 heterocycles. The number of carbonyl (C=O) groups is 2. The zero-order chi connectivity index (χ0) is 29.2. The number of hydrogen-bond acceptors (Lipinski definition) is 6. The van der Waals surface area contributed by atoms with Gasteiger partial charge in [-0.25, -0.2) is 14.2 Å². The van der Waals surface area contributed by atoms with E-state index in [2.05, 4.69) is 24.7 Å². The maximum atomic E-state index is 13.2. The number of amides is 2. The predicted octanol–water partition coefficient (Wildman–Crippen LogP) is 5.43. The van der Waals surface area contributed by atoms with Gasteiger partial charge in [0.2, 0.25) is 0 Å². The fraction of sp³-hybridized carbons (Fsp3) is 0.192. The maximum absolute atomic E-state index is 13.2. The summed E-state index contributed by atoms with van der Waals surface area (Å²) in [6.45, 7) is 3.19. The minimum atomic E-state index is -4.68. The van der Waals surface area contributed by atoms with Crippen molar-refractivity contribution in [2.45, 2.75) is 31.0 Å². The minimum Gasteiger partial charge on any atom is -0.342 e. The quantitative estimate of drug-likeness (QED) is 0.320. The van der Waals surface area contributed by atoms with E-state index in [-0.39, 0.29) is 27.8 Å². The van der Waals surface area contributed by atoms with Gasteiger partial charge in [0.15, 0.2) is 11.6 Å². The Labute approximate surface area is 232 Å². The molecule has 2 aromatic carbocycles. The zero-order valence-corrected chi connectivity index (χ0v) is 22.9.